The van der Waals surface area contributed by atoms with E-state index in [1.165, 1.54) is 0 Å². The molecule has 5 N–H and O–H groups in total. The summed E-state index contributed by atoms with van der Waals surface area (Å²) in [6, 6.07) is 7.10. The highest BCUT2D eigenvalue weighted by Crippen LogP contribution is 2.23. The van der Waals surface area contributed by atoms with Gasteiger partial charge in [0.25, 0.3) is 11.8 Å². The Hall–Kier alpha value is -3.24. The van der Waals surface area contributed by atoms with Gasteiger partial charge in [-0.2, -0.15) is 0 Å². The molecule has 164 valence electrons. The van der Waals surface area contributed by atoms with Crippen LogP contribution in [0.2, 0.25) is 0 Å². The molecular formula is C21H27N7O3. The van der Waals surface area contributed by atoms with E-state index in [1.54, 1.807) is 35.4 Å². The maximum absolute atomic E-state index is 12.6. The van der Waals surface area contributed by atoms with Crippen molar-refractivity contribution in [2.24, 2.45) is 11.5 Å². The predicted octanol–water partition coefficient (Wildman–Crippen LogP) is 0.719. The van der Waals surface area contributed by atoms with Gasteiger partial charge in [-0.3, -0.25) is 9.59 Å². The third-order valence-corrected chi connectivity index (χ3v) is 5.47. The number of hydrogen-bond acceptors (Lipinski definition) is 8. The first-order chi connectivity index (χ1) is 15.0. The van der Waals surface area contributed by atoms with Gasteiger partial charge in [0, 0.05) is 43.5 Å². The van der Waals surface area contributed by atoms with Crippen molar-refractivity contribution in [3.8, 4) is 0 Å². The molecule has 2 aromatic rings. The Morgan fingerprint density at radius 1 is 1.13 bits per heavy atom. The number of morpholine rings is 1. The van der Waals surface area contributed by atoms with Gasteiger partial charge in [0.1, 0.15) is 5.82 Å². The summed E-state index contributed by atoms with van der Waals surface area (Å²) in [6.07, 6.45) is 3.50. The zero-order chi connectivity index (χ0) is 21.8. The van der Waals surface area contributed by atoms with Gasteiger partial charge < -0.3 is 31.3 Å². The average molecular weight is 425 g/mol. The van der Waals surface area contributed by atoms with Crippen LogP contribution < -0.4 is 21.7 Å². The van der Waals surface area contributed by atoms with E-state index in [1.807, 2.05) is 0 Å². The summed E-state index contributed by atoms with van der Waals surface area (Å²) in [5.41, 5.74) is 12.9. The van der Waals surface area contributed by atoms with Crippen LogP contribution in [0.1, 0.15) is 33.7 Å². The maximum atomic E-state index is 12.6. The average Bonchev–Trinajstić information content (AvgIpc) is 2.79. The van der Waals surface area contributed by atoms with Gasteiger partial charge >= 0.3 is 0 Å². The number of ether oxygens (including phenoxy) is 1. The molecule has 0 spiro atoms. The first kappa shape index (κ1) is 21.0. The molecule has 1 aromatic carbocycles. The van der Waals surface area contributed by atoms with Gasteiger partial charge in [-0.15, -0.1) is 0 Å². The van der Waals surface area contributed by atoms with Gasteiger partial charge in [0.05, 0.1) is 19.4 Å². The fourth-order valence-electron chi connectivity index (χ4n) is 3.80. The van der Waals surface area contributed by atoms with Gasteiger partial charge in [-0.1, -0.05) is 0 Å². The number of nitrogens with zero attached hydrogens (tertiary/aromatic N) is 4. The van der Waals surface area contributed by atoms with Crippen LogP contribution in [0.5, 0.6) is 0 Å². The molecule has 4 rings (SSSR count). The molecule has 2 fully saturated rings. The molecule has 2 amide bonds. The topological polar surface area (TPSA) is 140 Å². The third-order valence-electron chi connectivity index (χ3n) is 5.47. The molecule has 31 heavy (non-hydrogen) atoms. The molecule has 0 aliphatic carbocycles. The van der Waals surface area contributed by atoms with Crippen LogP contribution in [0, 0.1) is 0 Å². The Labute approximate surface area is 180 Å². The lowest BCUT2D eigenvalue weighted by Crippen LogP contribution is -2.43. The zero-order valence-electron chi connectivity index (χ0n) is 17.3. The van der Waals surface area contributed by atoms with Crippen LogP contribution >= 0.6 is 0 Å². The molecule has 1 atom stereocenters. The highest BCUT2D eigenvalue weighted by atomic mass is 16.5. The van der Waals surface area contributed by atoms with Crippen LogP contribution in [0.25, 0.3) is 0 Å². The molecule has 3 heterocycles. The molecule has 10 nitrogen and oxygen atoms in total. The molecule has 1 unspecified atom stereocenters. The fraction of sp³-hybridized carbons (Fsp3) is 0.429. The third kappa shape index (κ3) is 4.92. The van der Waals surface area contributed by atoms with Crippen molar-refractivity contribution >= 4 is 29.1 Å². The van der Waals surface area contributed by atoms with Crippen LogP contribution in [-0.2, 0) is 4.74 Å². The summed E-state index contributed by atoms with van der Waals surface area (Å²) in [7, 11) is 0. The zero-order valence-corrected chi connectivity index (χ0v) is 17.3. The van der Waals surface area contributed by atoms with Crippen molar-refractivity contribution in [3.63, 3.8) is 0 Å². The molecule has 0 radical (unpaired) electrons. The van der Waals surface area contributed by atoms with E-state index in [0.29, 0.717) is 49.9 Å². The highest BCUT2D eigenvalue weighted by molar-refractivity contribution is 5.97. The Morgan fingerprint density at radius 3 is 2.55 bits per heavy atom. The molecule has 2 aliphatic heterocycles. The van der Waals surface area contributed by atoms with Crippen molar-refractivity contribution in [1.82, 2.24) is 14.9 Å². The number of anilines is 3. The van der Waals surface area contributed by atoms with E-state index < -0.39 is 5.91 Å². The summed E-state index contributed by atoms with van der Waals surface area (Å²) in [4.78, 5) is 37.1. The number of hydrogen-bond donors (Lipinski definition) is 3. The number of carbonyl (C=O) groups excluding carboxylic acids is 2. The molecule has 0 saturated carbocycles. The number of nitrogens with two attached hydrogens (primary N) is 2. The number of amides is 2. The second-order valence-electron chi connectivity index (χ2n) is 7.74. The van der Waals surface area contributed by atoms with Crippen molar-refractivity contribution < 1.29 is 14.3 Å². The number of piperidine rings is 1. The molecule has 2 aliphatic rings. The van der Waals surface area contributed by atoms with Crippen LogP contribution in [-0.4, -0.2) is 72.1 Å². The lowest BCUT2D eigenvalue weighted by Gasteiger charge is -2.31. The first-order valence-electron chi connectivity index (χ1n) is 10.4. The van der Waals surface area contributed by atoms with Gasteiger partial charge in [0.2, 0.25) is 0 Å². The van der Waals surface area contributed by atoms with Gasteiger partial charge in [0.15, 0.2) is 11.5 Å². The Balaban J connectivity index is 1.52. The van der Waals surface area contributed by atoms with E-state index >= 15 is 0 Å². The SMILES string of the molecule is NC(=O)c1ncc(N2CCCC(N)C2)nc1Nc1ccc(C(=O)N2CCOCC2)cc1. The van der Waals surface area contributed by atoms with Crippen LogP contribution in [0.15, 0.2) is 30.5 Å². The number of carbonyl (C=O) groups is 2. The summed E-state index contributed by atoms with van der Waals surface area (Å²) >= 11 is 0. The van der Waals surface area contributed by atoms with Crippen LogP contribution in [0.3, 0.4) is 0 Å². The predicted molar refractivity (Wildman–Crippen MR) is 116 cm³/mol. The number of primary amides is 1. The lowest BCUT2D eigenvalue weighted by molar-refractivity contribution is 0.0303. The van der Waals surface area contributed by atoms with Gasteiger partial charge in [-0.25, -0.2) is 9.97 Å². The minimum Gasteiger partial charge on any atom is -0.378 e. The number of nitrogens with one attached hydrogen (secondary N) is 1. The van der Waals surface area contributed by atoms with Crippen molar-refractivity contribution in [2.75, 3.05) is 49.6 Å². The highest BCUT2D eigenvalue weighted by Gasteiger charge is 2.22. The van der Waals surface area contributed by atoms with Crippen molar-refractivity contribution in [2.45, 2.75) is 18.9 Å². The van der Waals surface area contributed by atoms with Crippen molar-refractivity contribution in [3.05, 3.63) is 41.7 Å². The Bertz CT molecular complexity index is 944. The largest absolute Gasteiger partial charge is 0.378 e. The van der Waals surface area contributed by atoms with Crippen molar-refractivity contribution in [1.29, 1.82) is 0 Å². The summed E-state index contributed by atoms with van der Waals surface area (Å²) in [5, 5.41) is 3.11. The second-order valence-corrected chi connectivity index (χ2v) is 7.74. The minimum absolute atomic E-state index is 0.0316. The molecular weight excluding hydrogens is 398 g/mol. The van der Waals surface area contributed by atoms with Crippen LogP contribution in [0.4, 0.5) is 17.3 Å². The van der Waals surface area contributed by atoms with E-state index in [9.17, 15) is 9.59 Å². The monoisotopic (exact) mass is 425 g/mol. The first-order valence-corrected chi connectivity index (χ1v) is 10.4. The smallest absolute Gasteiger partial charge is 0.271 e. The molecule has 0 bridgehead atoms. The summed E-state index contributed by atoms with van der Waals surface area (Å²) in [5.74, 6) is 0.213. The Kier molecular flexibility index (Phi) is 6.28. The lowest BCUT2D eigenvalue weighted by atomic mass is 10.1. The van der Waals surface area contributed by atoms with E-state index in [4.69, 9.17) is 16.2 Å². The summed E-state index contributed by atoms with van der Waals surface area (Å²) < 4.78 is 5.30. The normalized spacial score (nSPS) is 19.2. The molecule has 10 heteroatoms. The number of rotatable bonds is 5. The summed E-state index contributed by atoms with van der Waals surface area (Å²) in [6.45, 7) is 3.79. The number of benzene rings is 1. The standard InChI is InChI=1S/C21H27N7O3/c22-15-2-1-7-28(13-15)17-12-24-18(19(23)29)20(26-17)25-16-5-3-14(4-6-16)21(30)27-8-10-31-11-9-27/h3-6,12,15H,1-2,7-11,13,22H2,(H2,23,29)(H,25,26). The fourth-order valence-corrected chi connectivity index (χ4v) is 3.80. The minimum atomic E-state index is -0.670. The second kappa shape index (κ2) is 9.27. The Morgan fingerprint density at radius 2 is 1.87 bits per heavy atom. The molecule has 2 saturated heterocycles. The van der Waals surface area contributed by atoms with Gasteiger partial charge in [-0.05, 0) is 37.1 Å². The quantitative estimate of drug-likeness (QED) is 0.637. The molecule has 1 aromatic heterocycles. The maximum Gasteiger partial charge on any atom is 0.271 e. The van der Waals surface area contributed by atoms with E-state index in [-0.39, 0.29) is 23.5 Å². The number of aromatic nitrogens is 2. The van der Waals surface area contributed by atoms with E-state index in [2.05, 4.69) is 20.2 Å². The van der Waals surface area contributed by atoms with E-state index in [0.717, 1.165) is 19.4 Å².